The van der Waals surface area contributed by atoms with Crippen LogP contribution in [0.1, 0.15) is 35.3 Å². The molecule has 6 nitrogen and oxygen atoms in total. The first-order valence-corrected chi connectivity index (χ1v) is 8.24. The van der Waals surface area contributed by atoms with Crippen molar-refractivity contribution in [3.05, 3.63) is 71.5 Å². The molecule has 2 aromatic heterocycles. The molecule has 3 aromatic rings. The summed E-state index contributed by atoms with van der Waals surface area (Å²) in [7, 11) is 0. The number of aryl methyl sites for hydroxylation is 1. The number of hydrogen-bond donors (Lipinski definition) is 2. The number of carbonyl (C=O) groups excluding carboxylic acids is 1. The van der Waals surface area contributed by atoms with Crippen molar-refractivity contribution in [1.82, 2.24) is 20.3 Å². The quantitative estimate of drug-likeness (QED) is 0.756. The van der Waals surface area contributed by atoms with E-state index in [1.165, 1.54) is 6.20 Å². The summed E-state index contributed by atoms with van der Waals surface area (Å²) < 4.78 is 0. The Morgan fingerprint density at radius 1 is 1.12 bits per heavy atom. The summed E-state index contributed by atoms with van der Waals surface area (Å²) in [6.07, 6.45) is 2.96. The fraction of sp³-hybridized carbons (Fsp3) is 0.200. The summed E-state index contributed by atoms with van der Waals surface area (Å²) in [5.41, 5.74) is 1.91. The van der Waals surface area contributed by atoms with E-state index in [0.717, 1.165) is 11.1 Å². The number of pyridine rings is 1. The Kier molecular flexibility index (Phi) is 4.67. The molecule has 0 saturated carbocycles. The lowest BCUT2D eigenvalue weighted by Crippen LogP contribution is -2.41. The molecule has 2 N–H and O–H groups in total. The molecule has 0 saturated heterocycles. The van der Waals surface area contributed by atoms with Crippen LogP contribution in [-0.2, 0) is 5.54 Å². The number of hydrogen-bond acceptors (Lipinski definition) is 5. The van der Waals surface area contributed by atoms with Crippen molar-refractivity contribution in [2.24, 2.45) is 0 Å². The molecule has 132 valence electrons. The molecule has 26 heavy (non-hydrogen) atoms. The Balaban J connectivity index is 1.84. The van der Waals surface area contributed by atoms with E-state index in [9.17, 15) is 9.90 Å². The van der Waals surface area contributed by atoms with Crippen molar-refractivity contribution in [2.75, 3.05) is 0 Å². The minimum absolute atomic E-state index is 0.0189. The van der Waals surface area contributed by atoms with Crippen LogP contribution in [0.5, 0.6) is 5.88 Å². The van der Waals surface area contributed by atoms with Gasteiger partial charge in [0.25, 0.3) is 5.91 Å². The monoisotopic (exact) mass is 348 g/mol. The fourth-order valence-corrected chi connectivity index (χ4v) is 2.59. The van der Waals surface area contributed by atoms with Gasteiger partial charge in [0.15, 0.2) is 5.82 Å². The molecule has 1 aromatic carbocycles. The molecule has 1 amide bonds. The number of nitrogens with one attached hydrogen (secondary N) is 1. The van der Waals surface area contributed by atoms with E-state index in [1.807, 2.05) is 63.2 Å². The average Bonchev–Trinajstić information content (AvgIpc) is 2.62. The first-order chi connectivity index (χ1) is 12.4. The van der Waals surface area contributed by atoms with Crippen LogP contribution in [0.25, 0.3) is 11.5 Å². The third kappa shape index (κ3) is 3.69. The molecule has 2 heterocycles. The first kappa shape index (κ1) is 17.5. The highest BCUT2D eigenvalue weighted by Crippen LogP contribution is 2.23. The molecule has 0 aliphatic rings. The summed E-state index contributed by atoms with van der Waals surface area (Å²) in [5, 5.41) is 13.1. The van der Waals surface area contributed by atoms with Crippen molar-refractivity contribution in [3.8, 4) is 17.4 Å². The number of carbonyl (C=O) groups is 1. The van der Waals surface area contributed by atoms with Gasteiger partial charge in [-0.05, 0) is 44.0 Å². The Labute approximate surface area is 152 Å². The molecule has 0 aliphatic heterocycles. The van der Waals surface area contributed by atoms with Gasteiger partial charge in [0.1, 0.15) is 11.3 Å². The van der Waals surface area contributed by atoms with E-state index in [1.54, 1.807) is 6.20 Å². The molecule has 6 heteroatoms. The van der Waals surface area contributed by atoms with E-state index in [2.05, 4.69) is 20.3 Å². The van der Waals surface area contributed by atoms with Gasteiger partial charge in [-0.3, -0.25) is 9.78 Å². The highest BCUT2D eigenvalue weighted by molar-refractivity contribution is 5.96. The summed E-state index contributed by atoms with van der Waals surface area (Å²) in [4.78, 5) is 25.0. The Morgan fingerprint density at radius 2 is 1.85 bits per heavy atom. The SMILES string of the molecule is Cc1ccnc(-c2ncc(C(=O)NC(C)(C)c3ccccc3)c(O)n2)c1. The zero-order valence-electron chi connectivity index (χ0n) is 14.9. The normalized spacial score (nSPS) is 11.2. The predicted molar refractivity (Wildman–Crippen MR) is 98.6 cm³/mol. The lowest BCUT2D eigenvalue weighted by molar-refractivity contribution is 0.0908. The number of aromatic hydroxyl groups is 1. The van der Waals surface area contributed by atoms with Gasteiger partial charge in [-0.15, -0.1) is 0 Å². The van der Waals surface area contributed by atoms with Crippen LogP contribution < -0.4 is 5.32 Å². The van der Waals surface area contributed by atoms with E-state index in [4.69, 9.17) is 0 Å². The second-order valence-corrected chi connectivity index (χ2v) is 6.59. The van der Waals surface area contributed by atoms with Crippen LogP contribution in [0.3, 0.4) is 0 Å². The maximum absolute atomic E-state index is 12.6. The van der Waals surface area contributed by atoms with Gasteiger partial charge < -0.3 is 10.4 Å². The van der Waals surface area contributed by atoms with Crippen molar-refractivity contribution >= 4 is 5.91 Å². The second-order valence-electron chi connectivity index (χ2n) is 6.59. The van der Waals surface area contributed by atoms with Gasteiger partial charge in [-0.25, -0.2) is 4.98 Å². The first-order valence-electron chi connectivity index (χ1n) is 8.24. The maximum Gasteiger partial charge on any atom is 0.259 e. The van der Waals surface area contributed by atoms with E-state index in [-0.39, 0.29) is 17.3 Å². The molecular weight excluding hydrogens is 328 g/mol. The largest absolute Gasteiger partial charge is 0.493 e. The topological polar surface area (TPSA) is 88.0 Å². The molecular formula is C20H20N4O2. The molecule has 3 rings (SSSR count). The molecule has 0 fully saturated rings. The van der Waals surface area contributed by atoms with E-state index >= 15 is 0 Å². The van der Waals surface area contributed by atoms with Gasteiger partial charge >= 0.3 is 0 Å². The third-order valence-corrected chi connectivity index (χ3v) is 4.08. The molecule has 0 atom stereocenters. The Bertz CT molecular complexity index is 940. The summed E-state index contributed by atoms with van der Waals surface area (Å²) >= 11 is 0. The van der Waals surface area contributed by atoms with Gasteiger partial charge in [-0.2, -0.15) is 4.98 Å². The van der Waals surface area contributed by atoms with Crippen LogP contribution in [-0.4, -0.2) is 26.0 Å². The van der Waals surface area contributed by atoms with E-state index in [0.29, 0.717) is 5.69 Å². The number of rotatable bonds is 4. The fourth-order valence-electron chi connectivity index (χ4n) is 2.59. The molecule has 0 aliphatic carbocycles. The average molecular weight is 348 g/mol. The lowest BCUT2D eigenvalue weighted by atomic mass is 9.94. The zero-order valence-corrected chi connectivity index (χ0v) is 14.9. The Morgan fingerprint density at radius 3 is 2.50 bits per heavy atom. The van der Waals surface area contributed by atoms with Crippen LogP contribution in [0.2, 0.25) is 0 Å². The lowest BCUT2D eigenvalue weighted by Gasteiger charge is -2.27. The van der Waals surface area contributed by atoms with Crippen LogP contribution >= 0.6 is 0 Å². The van der Waals surface area contributed by atoms with Crippen molar-refractivity contribution in [3.63, 3.8) is 0 Å². The number of benzene rings is 1. The van der Waals surface area contributed by atoms with Crippen molar-refractivity contribution < 1.29 is 9.90 Å². The van der Waals surface area contributed by atoms with E-state index < -0.39 is 11.4 Å². The molecule has 0 spiro atoms. The standard InChI is InChI=1S/C20H20N4O2/c1-13-9-10-21-16(11-13)17-22-12-15(18(25)23-17)19(26)24-20(2,3)14-7-5-4-6-8-14/h4-12H,1-3H3,(H,24,26)(H,22,23,25). The number of nitrogens with zero attached hydrogens (tertiary/aromatic N) is 3. The molecule has 0 unspecified atom stereocenters. The maximum atomic E-state index is 12.6. The third-order valence-electron chi connectivity index (χ3n) is 4.08. The van der Waals surface area contributed by atoms with Gasteiger partial charge in [-0.1, -0.05) is 30.3 Å². The van der Waals surface area contributed by atoms with Crippen LogP contribution in [0.4, 0.5) is 0 Å². The predicted octanol–water partition coefficient (Wildman–Crippen LogP) is 3.22. The minimum Gasteiger partial charge on any atom is -0.493 e. The Hall–Kier alpha value is -3.28. The second kappa shape index (κ2) is 6.92. The zero-order chi connectivity index (χ0) is 18.7. The summed E-state index contributed by atoms with van der Waals surface area (Å²) in [5.74, 6) is -0.551. The van der Waals surface area contributed by atoms with Gasteiger partial charge in [0.2, 0.25) is 5.88 Å². The minimum atomic E-state index is -0.610. The molecule has 0 bridgehead atoms. The number of aromatic nitrogens is 3. The summed E-state index contributed by atoms with van der Waals surface area (Å²) in [6, 6.07) is 13.3. The highest BCUT2D eigenvalue weighted by atomic mass is 16.3. The van der Waals surface area contributed by atoms with Crippen LogP contribution in [0, 0.1) is 6.92 Å². The van der Waals surface area contributed by atoms with Crippen molar-refractivity contribution in [1.29, 1.82) is 0 Å². The van der Waals surface area contributed by atoms with Crippen molar-refractivity contribution in [2.45, 2.75) is 26.3 Å². The molecule has 0 radical (unpaired) electrons. The van der Waals surface area contributed by atoms with Crippen LogP contribution in [0.15, 0.2) is 54.9 Å². The number of amides is 1. The van der Waals surface area contributed by atoms with Gasteiger partial charge in [0, 0.05) is 12.4 Å². The summed E-state index contributed by atoms with van der Waals surface area (Å²) in [6.45, 7) is 5.71. The van der Waals surface area contributed by atoms with Gasteiger partial charge in [0.05, 0.1) is 5.54 Å². The highest BCUT2D eigenvalue weighted by Gasteiger charge is 2.25. The smallest absolute Gasteiger partial charge is 0.259 e.